The predicted octanol–water partition coefficient (Wildman–Crippen LogP) is 3.66. The van der Waals surface area contributed by atoms with Crippen LogP contribution in [-0.2, 0) is 26.3 Å². The standard InChI is InChI=1S/C25H32N2O4/c1-17-6-8-19(9-7-17)16-27-23(29)18(2)31-22(28)14-15-26-24(30)20-10-12-21(13-11-20)25(3,4)5/h6-13,18H,14-16H2,1-5H3,(H,26,30)(H,27,29)/t18-/m0/s1. The Kier molecular flexibility index (Phi) is 8.37. The molecule has 0 saturated carbocycles. The first-order chi connectivity index (χ1) is 14.6. The van der Waals surface area contributed by atoms with Crippen molar-refractivity contribution in [2.75, 3.05) is 6.54 Å². The molecule has 0 aromatic heterocycles. The molecule has 2 aromatic carbocycles. The largest absolute Gasteiger partial charge is 0.452 e. The van der Waals surface area contributed by atoms with Gasteiger partial charge in [-0.25, -0.2) is 0 Å². The van der Waals surface area contributed by atoms with Crippen LogP contribution in [0.5, 0.6) is 0 Å². The van der Waals surface area contributed by atoms with Gasteiger partial charge in [0.05, 0.1) is 6.42 Å². The first-order valence-corrected chi connectivity index (χ1v) is 10.5. The van der Waals surface area contributed by atoms with Crippen molar-refractivity contribution in [3.8, 4) is 0 Å². The molecule has 0 radical (unpaired) electrons. The molecule has 2 N–H and O–H groups in total. The van der Waals surface area contributed by atoms with Crippen LogP contribution in [0, 0.1) is 6.92 Å². The number of nitrogens with one attached hydrogen (secondary N) is 2. The highest BCUT2D eigenvalue weighted by Gasteiger charge is 2.18. The number of amides is 2. The average Bonchev–Trinajstić information content (AvgIpc) is 2.72. The molecule has 0 spiro atoms. The lowest BCUT2D eigenvalue weighted by molar-refractivity contribution is -0.154. The zero-order valence-electron chi connectivity index (χ0n) is 19.0. The van der Waals surface area contributed by atoms with Crippen LogP contribution in [0.15, 0.2) is 48.5 Å². The third-order valence-corrected chi connectivity index (χ3v) is 4.89. The fourth-order valence-electron chi connectivity index (χ4n) is 2.85. The molecule has 0 heterocycles. The summed E-state index contributed by atoms with van der Waals surface area (Å²) in [6.45, 7) is 10.3. The van der Waals surface area contributed by atoms with E-state index in [1.54, 1.807) is 12.1 Å². The van der Waals surface area contributed by atoms with Crippen LogP contribution >= 0.6 is 0 Å². The second-order valence-electron chi connectivity index (χ2n) is 8.67. The van der Waals surface area contributed by atoms with Crippen molar-refractivity contribution >= 4 is 17.8 Å². The van der Waals surface area contributed by atoms with Gasteiger partial charge in [0.1, 0.15) is 0 Å². The average molecular weight is 425 g/mol. The van der Waals surface area contributed by atoms with Gasteiger partial charge in [-0.2, -0.15) is 0 Å². The maximum atomic E-state index is 12.2. The van der Waals surface area contributed by atoms with Gasteiger partial charge in [-0.1, -0.05) is 62.7 Å². The summed E-state index contributed by atoms with van der Waals surface area (Å²) in [5, 5.41) is 5.45. The highest BCUT2D eigenvalue weighted by atomic mass is 16.5. The Balaban J connectivity index is 1.71. The zero-order chi connectivity index (χ0) is 23.0. The number of esters is 1. The molecule has 166 valence electrons. The monoisotopic (exact) mass is 424 g/mol. The lowest BCUT2D eigenvalue weighted by atomic mass is 9.87. The molecule has 6 heteroatoms. The van der Waals surface area contributed by atoms with Crippen molar-refractivity contribution in [1.29, 1.82) is 0 Å². The van der Waals surface area contributed by atoms with Crippen molar-refractivity contribution in [3.05, 3.63) is 70.8 Å². The van der Waals surface area contributed by atoms with Crippen LogP contribution in [0.2, 0.25) is 0 Å². The first-order valence-electron chi connectivity index (χ1n) is 10.5. The molecule has 31 heavy (non-hydrogen) atoms. The molecule has 2 amide bonds. The molecular weight excluding hydrogens is 392 g/mol. The molecule has 0 aliphatic rings. The third kappa shape index (κ3) is 7.89. The SMILES string of the molecule is Cc1ccc(CNC(=O)[C@H](C)OC(=O)CCNC(=O)c2ccc(C(C)(C)C)cc2)cc1. The van der Waals surface area contributed by atoms with Gasteiger partial charge in [0, 0.05) is 18.7 Å². The van der Waals surface area contributed by atoms with Crippen molar-refractivity contribution in [1.82, 2.24) is 10.6 Å². The summed E-state index contributed by atoms with van der Waals surface area (Å²) < 4.78 is 5.16. The van der Waals surface area contributed by atoms with Gasteiger partial charge in [-0.3, -0.25) is 14.4 Å². The fourth-order valence-corrected chi connectivity index (χ4v) is 2.85. The van der Waals surface area contributed by atoms with Gasteiger partial charge in [-0.15, -0.1) is 0 Å². The first kappa shape index (κ1) is 24.1. The zero-order valence-corrected chi connectivity index (χ0v) is 19.0. The number of hydrogen-bond donors (Lipinski definition) is 2. The molecule has 0 bridgehead atoms. The summed E-state index contributed by atoms with van der Waals surface area (Å²) >= 11 is 0. The number of carbonyl (C=O) groups is 3. The molecule has 2 aromatic rings. The van der Waals surface area contributed by atoms with E-state index in [0.29, 0.717) is 12.1 Å². The quantitative estimate of drug-likeness (QED) is 0.634. The molecule has 6 nitrogen and oxygen atoms in total. The Hall–Kier alpha value is -3.15. The van der Waals surface area contributed by atoms with E-state index < -0.39 is 12.1 Å². The number of carbonyl (C=O) groups excluding carboxylic acids is 3. The highest BCUT2D eigenvalue weighted by molar-refractivity contribution is 5.94. The normalized spacial score (nSPS) is 12.0. The van der Waals surface area contributed by atoms with E-state index in [-0.39, 0.29) is 30.2 Å². The van der Waals surface area contributed by atoms with Gasteiger partial charge in [0.25, 0.3) is 11.8 Å². The van der Waals surface area contributed by atoms with E-state index in [1.165, 1.54) is 6.92 Å². The summed E-state index contributed by atoms with van der Waals surface area (Å²) in [6, 6.07) is 15.2. The number of benzene rings is 2. The van der Waals surface area contributed by atoms with Crippen molar-refractivity contribution < 1.29 is 19.1 Å². The van der Waals surface area contributed by atoms with Gasteiger partial charge in [0.15, 0.2) is 6.10 Å². The van der Waals surface area contributed by atoms with Crippen molar-refractivity contribution in [2.45, 2.75) is 59.1 Å². The molecular formula is C25H32N2O4. The maximum absolute atomic E-state index is 12.2. The Bertz CT molecular complexity index is 897. The Morgan fingerprint density at radius 2 is 1.55 bits per heavy atom. The number of rotatable bonds is 8. The smallest absolute Gasteiger partial charge is 0.308 e. The minimum Gasteiger partial charge on any atom is -0.452 e. The number of hydrogen-bond acceptors (Lipinski definition) is 4. The van der Waals surface area contributed by atoms with E-state index in [1.807, 2.05) is 43.3 Å². The Morgan fingerprint density at radius 3 is 2.13 bits per heavy atom. The minimum atomic E-state index is -0.904. The summed E-state index contributed by atoms with van der Waals surface area (Å²) in [5.74, 6) is -1.16. The molecule has 0 unspecified atom stereocenters. The van der Waals surface area contributed by atoms with Crippen molar-refractivity contribution in [3.63, 3.8) is 0 Å². The summed E-state index contributed by atoms with van der Waals surface area (Å²) in [4.78, 5) is 36.3. The minimum absolute atomic E-state index is 0.0125. The van der Waals surface area contributed by atoms with E-state index in [4.69, 9.17) is 4.74 Å². The van der Waals surface area contributed by atoms with Gasteiger partial charge in [-0.05, 0) is 42.5 Å². The number of aryl methyl sites for hydroxylation is 1. The lowest BCUT2D eigenvalue weighted by Gasteiger charge is -2.19. The topological polar surface area (TPSA) is 84.5 Å². The van der Waals surface area contributed by atoms with Crippen LogP contribution in [0.1, 0.15) is 61.2 Å². The Morgan fingerprint density at radius 1 is 0.935 bits per heavy atom. The summed E-state index contributed by atoms with van der Waals surface area (Å²) in [6.07, 6.45) is -0.917. The van der Waals surface area contributed by atoms with Crippen LogP contribution < -0.4 is 10.6 Å². The predicted molar refractivity (Wildman–Crippen MR) is 121 cm³/mol. The second kappa shape index (κ2) is 10.8. The van der Waals surface area contributed by atoms with E-state index >= 15 is 0 Å². The maximum Gasteiger partial charge on any atom is 0.308 e. The van der Waals surface area contributed by atoms with Gasteiger partial charge in [0.2, 0.25) is 0 Å². The summed E-state index contributed by atoms with van der Waals surface area (Å²) in [7, 11) is 0. The number of ether oxygens (including phenoxy) is 1. The van der Waals surface area contributed by atoms with Crippen LogP contribution in [-0.4, -0.2) is 30.4 Å². The molecule has 0 saturated heterocycles. The van der Waals surface area contributed by atoms with Gasteiger partial charge >= 0.3 is 5.97 Å². The van der Waals surface area contributed by atoms with E-state index in [0.717, 1.165) is 16.7 Å². The molecule has 1 atom stereocenters. The van der Waals surface area contributed by atoms with E-state index in [2.05, 4.69) is 31.4 Å². The Labute approximate surface area is 184 Å². The van der Waals surface area contributed by atoms with Gasteiger partial charge < -0.3 is 15.4 Å². The van der Waals surface area contributed by atoms with Crippen LogP contribution in [0.4, 0.5) is 0 Å². The van der Waals surface area contributed by atoms with Crippen LogP contribution in [0.3, 0.4) is 0 Å². The highest BCUT2D eigenvalue weighted by Crippen LogP contribution is 2.22. The summed E-state index contributed by atoms with van der Waals surface area (Å²) in [5.41, 5.74) is 3.80. The fraction of sp³-hybridized carbons (Fsp3) is 0.400. The van der Waals surface area contributed by atoms with E-state index in [9.17, 15) is 14.4 Å². The molecule has 0 fully saturated rings. The molecule has 0 aliphatic heterocycles. The molecule has 2 rings (SSSR count). The lowest BCUT2D eigenvalue weighted by Crippen LogP contribution is -2.36. The second-order valence-corrected chi connectivity index (χ2v) is 8.67. The van der Waals surface area contributed by atoms with Crippen molar-refractivity contribution in [2.24, 2.45) is 0 Å². The van der Waals surface area contributed by atoms with Crippen LogP contribution in [0.25, 0.3) is 0 Å². The third-order valence-electron chi connectivity index (χ3n) is 4.89. The molecule has 0 aliphatic carbocycles.